The van der Waals surface area contributed by atoms with Crippen LogP contribution in [0.25, 0.3) is 0 Å². The maximum Gasteiger partial charge on any atom is 1.00 e. The van der Waals surface area contributed by atoms with E-state index in [0.717, 1.165) is 35.2 Å². The van der Waals surface area contributed by atoms with Gasteiger partial charge >= 0.3 is 18.9 Å². The van der Waals surface area contributed by atoms with Crippen molar-refractivity contribution >= 4 is 11.6 Å². The number of unbranched alkanes of at least 4 members (excludes halogenated alkanes) is 1. The average Bonchev–Trinajstić information content (AvgIpc) is 2.71. The van der Waals surface area contributed by atoms with Crippen LogP contribution in [0.2, 0.25) is 0 Å². The molecule has 0 fully saturated rings. The van der Waals surface area contributed by atoms with Crippen LogP contribution in [0, 0.1) is 41.0 Å². The molecule has 0 aliphatic rings. The van der Waals surface area contributed by atoms with Crippen LogP contribution in [0.1, 0.15) is 35.1 Å². The van der Waals surface area contributed by atoms with E-state index in [1.54, 1.807) is 0 Å². The Morgan fingerprint density at radius 3 is 1.77 bits per heavy atom. The van der Waals surface area contributed by atoms with Gasteiger partial charge in [-0.15, -0.1) is 30.7 Å². The summed E-state index contributed by atoms with van der Waals surface area (Å²) in [4.78, 5) is 10.7. The van der Waals surface area contributed by atoms with Gasteiger partial charge in [0.1, 0.15) is 0 Å². The van der Waals surface area contributed by atoms with Gasteiger partial charge in [0.15, 0.2) is 0 Å². The second-order valence-corrected chi connectivity index (χ2v) is 6.56. The number of hydrogen-bond donors (Lipinski definition) is 1. The van der Waals surface area contributed by atoms with Crippen molar-refractivity contribution in [3.05, 3.63) is 128 Å². The van der Waals surface area contributed by atoms with Crippen LogP contribution in [-0.4, -0.2) is 5.91 Å². The number of benzene rings is 3. The third-order valence-electron chi connectivity index (χ3n) is 3.97. The Bertz CT molecular complexity index is 812. The van der Waals surface area contributed by atoms with E-state index in [1.807, 2.05) is 68.4 Å². The average molecular weight is 392 g/mol. The van der Waals surface area contributed by atoms with Crippen molar-refractivity contribution in [1.82, 2.24) is 0 Å². The van der Waals surface area contributed by atoms with Gasteiger partial charge in [-0.05, 0) is 25.0 Å². The van der Waals surface area contributed by atoms with Crippen LogP contribution >= 0.6 is 0 Å². The van der Waals surface area contributed by atoms with E-state index >= 15 is 0 Å². The second-order valence-electron chi connectivity index (χ2n) is 6.56. The minimum Gasteiger partial charge on any atom is -0.351 e. The number of aryl methyl sites for hydroxylation is 2. The quantitative estimate of drug-likeness (QED) is 0.531. The first-order valence-corrected chi connectivity index (χ1v) is 9.67. The summed E-state index contributed by atoms with van der Waals surface area (Å²) < 4.78 is 0. The van der Waals surface area contributed by atoms with Crippen molar-refractivity contribution in [3.63, 3.8) is 0 Å². The molecular weight excluding hydrogens is 361 g/mol. The zero-order valence-corrected chi connectivity index (χ0v) is 18.5. The number of rotatable bonds is 4. The molecule has 154 valence electrons. The van der Waals surface area contributed by atoms with E-state index in [1.165, 1.54) is 5.56 Å². The van der Waals surface area contributed by atoms with E-state index < -0.39 is 0 Å². The number of carbonyl (C=O) groups is 1. The molecule has 3 rings (SSSR count). The molecule has 0 saturated carbocycles. The summed E-state index contributed by atoms with van der Waals surface area (Å²) in [7, 11) is 0. The maximum atomic E-state index is 10.7. The van der Waals surface area contributed by atoms with E-state index in [4.69, 9.17) is 0 Å². The summed E-state index contributed by atoms with van der Waals surface area (Å²) in [5, 5.41) is 2.69. The summed E-state index contributed by atoms with van der Waals surface area (Å²) in [6, 6.07) is 26.1. The van der Waals surface area contributed by atoms with Crippen LogP contribution in [0.4, 0.5) is 5.69 Å². The molecule has 3 heteroatoms. The van der Waals surface area contributed by atoms with Crippen LogP contribution in [0.3, 0.4) is 0 Å². The fourth-order valence-electron chi connectivity index (χ4n) is 2.49. The molecule has 1 amide bonds. The van der Waals surface area contributed by atoms with Gasteiger partial charge in [-0.2, -0.15) is 55.2 Å². The third-order valence-corrected chi connectivity index (χ3v) is 3.97. The maximum absolute atomic E-state index is 10.7. The molecule has 0 radical (unpaired) electrons. The summed E-state index contributed by atoms with van der Waals surface area (Å²) in [5.41, 5.74) is 5.37. The van der Waals surface area contributed by atoms with Crippen molar-refractivity contribution in [3.8, 4) is 0 Å². The normalized spacial score (nSPS) is 8.90. The van der Waals surface area contributed by atoms with E-state index in [9.17, 15) is 4.79 Å². The largest absolute Gasteiger partial charge is 1.00 e. The Kier molecular flexibility index (Phi) is 14.7. The van der Waals surface area contributed by atoms with Crippen molar-refractivity contribution < 1.29 is 23.7 Å². The predicted octanol–water partition coefficient (Wildman–Crippen LogP) is 3.80. The van der Waals surface area contributed by atoms with Crippen molar-refractivity contribution in [1.29, 1.82) is 0 Å². The Balaban J connectivity index is 0.000000427. The molecule has 0 atom stereocenters. The van der Waals surface area contributed by atoms with Crippen LogP contribution < -0.4 is 24.2 Å². The number of nitrogens with one attached hydrogen (secondary N) is 1. The predicted molar refractivity (Wildman–Crippen MR) is 125 cm³/mol. The van der Waals surface area contributed by atoms with Crippen molar-refractivity contribution in [2.75, 3.05) is 5.32 Å². The Labute approximate surface area is 195 Å². The van der Waals surface area contributed by atoms with Crippen molar-refractivity contribution in [2.45, 2.75) is 26.7 Å². The van der Waals surface area contributed by atoms with Gasteiger partial charge in [-0.25, -0.2) is 0 Å². The van der Waals surface area contributed by atoms with Crippen molar-refractivity contribution in [2.24, 2.45) is 0 Å². The number of carbonyl (C=O) groups excluding carboxylic acids is 1. The van der Waals surface area contributed by atoms with Crippen LogP contribution in [0.15, 0.2) is 78.9 Å². The summed E-state index contributed by atoms with van der Waals surface area (Å²) >= 11 is 0. The Morgan fingerprint density at radius 2 is 1.37 bits per heavy atom. The molecule has 0 bridgehead atoms. The molecule has 1 N–H and O–H groups in total. The van der Waals surface area contributed by atoms with Gasteiger partial charge in [0.2, 0.25) is 0 Å². The monoisotopic (exact) mass is 392 g/mol. The van der Waals surface area contributed by atoms with E-state index in [2.05, 4.69) is 56.8 Å². The molecule has 0 spiro atoms. The first kappa shape index (κ1) is 27.3. The molecule has 0 aliphatic heterocycles. The fourth-order valence-corrected chi connectivity index (χ4v) is 2.49. The second kappa shape index (κ2) is 16.2. The molecule has 3 aromatic carbocycles. The molecular formula is C27H31LiNO-3. The molecule has 3 aromatic rings. The minimum atomic E-state index is -0.271. The van der Waals surface area contributed by atoms with Gasteiger partial charge in [0.25, 0.3) is 0 Å². The molecule has 0 heterocycles. The SMILES string of the molecule is [CH2-]C(=O)Nc1c(C)cccc1C.[CH2-]CC[CH-]c1ccccc1.[CH2-]c1ccccc1.[Li+]. The zero-order valence-electron chi connectivity index (χ0n) is 18.5. The van der Waals surface area contributed by atoms with Gasteiger partial charge in [0, 0.05) is 5.69 Å². The van der Waals surface area contributed by atoms with E-state index in [0.29, 0.717) is 0 Å². The molecule has 0 aliphatic carbocycles. The molecule has 0 saturated heterocycles. The molecule has 30 heavy (non-hydrogen) atoms. The fraction of sp³-hybridized carbons (Fsp3) is 0.148. The van der Waals surface area contributed by atoms with Gasteiger partial charge < -0.3 is 24.0 Å². The number of para-hydroxylation sites is 1. The van der Waals surface area contributed by atoms with Gasteiger partial charge in [0.05, 0.1) is 5.91 Å². The topological polar surface area (TPSA) is 29.1 Å². The Morgan fingerprint density at radius 1 is 0.867 bits per heavy atom. The molecule has 0 unspecified atom stereocenters. The van der Waals surface area contributed by atoms with Crippen LogP contribution in [0.5, 0.6) is 0 Å². The van der Waals surface area contributed by atoms with Crippen LogP contribution in [-0.2, 0) is 4.79 Å². The summed E-state index contributed by atoms with van der Waals surface area (Å²) in [6.45, 7) is 14.7. The Hall–Kier alpha value is -2.66. The molecule has 0 aromatic heterocycles. The number of hydrogen-bond acceptors (Lipinski definition) is 1. The first-order valence-electron chi connectivity index (χ1n) is 9.67. The smallest absolute Gasteiger partial charge is 0.351 e. The first-order chi connectivity index (χ1) is 13.9. The minimum absolute atomic E-state index is 0. The summed E-state index contributed by atoms with van der Waals surface area (Å²) in [6.07, 6.45) is 4.26. The summed E-state index contributed by atoms with van der Waals surface area (Å²) in [5.74, 6) is -0.271. The molecule has 2 nitrogen and oxygen atoms in total. The third kappa shape index (κ3) is 12.0. The number of amides is 1. The van der Waals surface area contributed by atoms with Gasteiger partial charge in [-0.1, -0.05) is 30.3 Å². The van der Waals surface area contributed by atoms with E-state index in [-0.39, 0.29) is 24.8 Å². The standard InChI is InChI=1S/C10H12NO.C10H12.C7H7.Li/c1-7-5-4-6-8(2)10(7)11-9(3)12;1-2-3-7-10-8-5-4-6-9-10;1-7-5-3-2-4-6-7;/h4-6H,3H2,1-2H3,(H,11,12);4-9H,1-3H2;2-6H,1H2;/q-1;-2;-1;+1. The van der Waals surface area contributed by atoms with Gasteiger partial charge in [-0.3, -0.25) is 0 Å². The number of anilines is 1. The zero-order chi connectivity index (χ0) is 21.5.